The van der Waals surface area contributed by atoms with Crippen LogP contribution in [0.3, 0.4) is 0 Å². The fourth-order valence-corrected chi connectivity index (χ4v) is 2.59. The van der Waals surface area contributed by atoms with Crippen LogP contribution in [0.4, 0.5) is 0 Å². The number of carboxylic acids is 1. The van der Waals surface area contributed by atoms with Gasteiger partial charge in [0.15, 0.2) is 0 Å². The Balaban J connectivity index is 2.28. The fourth-order valence-electron chi connectivity index (χ4n) is 2.38. The van der Waals surface area contributed by atoms with Crippen LogP contribution in [-0.2, 0) is 16.0 Å². The zero-order valence-corrected chi connectivity index (χ0v) is 10.4. The average molecular weight is 255 g/mol. The topological polar surface area (TPSA) is 46.5 Å². The van der Waals surface area contributed by atoms with Crippen LogP contribution in [0.25, 0.3) is 0 Å². The molecule has 2 unspecified atom stereocenters. The van der Waals surface area contributed by atoms with Gasteiger partial charge < -0.3 is 9.84 Å². The van der Waals surface area contributed by atoms with Gasteiger partial charge in [-0.2, -0.15) is 0 Å². The molecule has 1 N–H and O–H groups in total. The Hall–Kier alpha value is -1.06. The molecule has 3 nitrogen and oxygen atoms in total. The molecule has 92 valence electrons. The Bertz CT molecular complexity index is 432. The Kier molecular flexibility index (Phi) is 3.40. The van der Waals surface area contributed by atoms with Gasteiger partial charge in [-0.25, -0.2) is 0 Å². The van der Waals surface area contributed by atoms with Gasteiger partial charge in [0.05, 0.1) is 11.5 Å². The molecule has 1 aromatic rings. The molecule has 0 bridgehead atoms. The van der Waals surface area contributed by atoms with Crippen LogP contribution >= 0.6 is 11.6 Å². The molecule has 1 aliphatic rings. The highest BCUT2D eigenvalue weighted by Crippen LogP contribution is 2.38. The van der Waals surface area contributed by atoms with Gasteiger partial charge in [0, 0.05) is 11.6 Å². The summed E-state index contributed by atoms with van der Waals surface area (Å²) in [5.74, 6) is -0.789. The highest BCUT2D eigenvalue weighted by atomic mass is 35.5. The van der Waals surface area contributed by atoms with Crippen LogP contribution in [-0.4, -0.2) is 23.8 Å². The molecule has 0 radical (unpaired) electrons. The quantitative estimate of drug-likeness (QED) is 0.902. The van der Waals surface area contributed by atoms with Crippen LogP contribution in [0.1, 0.15) is 18.9 Å². The Labute approximate surface area is 105 Å². The molecule has 0 aromatic heterocycles. The van der Waals surface area contributed by atoms with Crippen molar-refractivity contribution < 1.29 is 14.6 Å². The van der Waals surface area contributed by atoms with E-state index in [1.54, 1.807) is 6.07 Å². The monoisotopic (exact) mass is 254 g/mol. The number of hydrogen-bond acceptors (Lipinski definition) is 2. The average Bonchev–Trinajstić information content (AvgIpc) is 2.61. The summed E-state index contributed by atoms with van der Waals surface area (Å²) in [5, 5.41) is 10.1. The second kappa shape index (κ2) is 4.67. The molecule has 0 aliphatic carbocycles. The summed E-state index contributed by atoms with van der Waals surface area (Å²) in [5.41, 5.74) is 0.127. The van der Waals surface area contributed by atoms with Gasteiger partial charge in [-0.1, -0.05) is 23.7 Å². The van der Waals surface area contributed by atoms with Gasteiger partial charge in [0.2, 0.25) is 0 Å². The molecule has 2 rings (SSSR count). The van der Waals surface area contributed by atoms with E-state index in [0.717, 1.165) is 5.56 Å². The number of rotatable bonds is 3. The molecular formula is C13H15ClO3. The van der Waals surface area contributed by atoms with Crippen molar-refractivity contribution in [3.63, 3.8) is 0 Å². The second-order valence-corrected chi connectivity index (χ2v) is 4.97. The summed E-state index contributed by atoms with van der Waals surface area (Å²) in [6.07, 6.45) is 0.749. The lowest BCUT2D eigenvalue weighted by Crippen LogP contribution is -2.39. The molecule has 4 heteroatoms. The van der Waals surface area contributed by atoms with Crippen molar-refractivity contribution in [2.75, 3.05) is 6.61 Å². The van der Waals surface area contributed by atoms with E-state index in [9.17, 15) is 9.90 Å². The van der Waals surface area contributed by atoms with Gasteiger partial charge in [-0.05, 0) is 37.5 Å². The number of benzene rings is 1. The first-order valence-corrected chi connectivity index (χ1v) is 6.02. The molecule has 1 heterocycles. The van der Waals surface area contributed by atoms with E-state index in [2.05, 4.69) is 0 Å². The minimum Gasteiger partial charge on any atom is -0.481 e. The minimum absolute atomic E-state index is 0.265. The van der Waals surface area contributed by atoms with Crippen molar-refractivity contribution in [2.45, 2.75) is 25.9 Å². The first kappa shape index (κ1) is 12.4. The van der Waals surface area contributed by atoms with E-state index >= 15 is 0 Å². The lowest BCUT2D eigenvalue weighted by atomic mass is 9.76. The van der Waals surface area contributed by atoms with E-state index in [-0.39, 0.29) is 6.10 Å². The number of carbonyl (C=O) groups is 1. The molecule has 0 spiro atoms. The summed E-state index contributed by atoms with van der Waals surface area (Å²) < 4.78 is 5.42. The Morgan fingerprint density at radius 2 is 2.41 bits per heavy atom. The van der Waals surface area contributed by atoms with Gasteiger partial charge in [0.25, 0.3) is 0 Å². The minimum atomic E-state index is -0.815. The molecule has 0 saturated carbocycles. The largest absolute Gasteiger partial charge is 0.481 e. The molecule has 0 amide bonds. The van der Waals surface area contributed by atoms with Crippen LogP contribution in [0.5, 0.6) is 0 Å². The summed E-state index contributed by atoms with van der Waals surface area (Å²) in [6, 6.07) is 7.35. The number of hydrogen-bond donors (Lipinski definition) is 1. The normalized spacial score (nSPS) is 28.2. The van der Waals surface area contributed by atoms with Gasteiger partial charge in [0.1, 0.15) is 0 Å². The SMILES string of the molecule is CC1OCCC1(Cc1cccc(Cl)c1)C(=O)O. The fraction of sp³-hybridized carbons (Fsp3) is 0.462. The maximum Gasteiger partial charge on any atom is 0.312 e. The Morgan fingerprint density at radius 3 is 2.94 bits per heavy atom. The van der Waals surface area contributed by atoms with Crippen LogP contribution < -0.4 is 0 Å². The van der Waals surface area contributed by atoms with Gasteiger partial charge in [-0.15, -0.1) is 0 Å². The molecule has 1 fully saturated rings. The number of halogens is 1. The van der Waals surface area contributed by atoms with Crippen molar-refractivity contribution in [2.24, 2.45) is 5.41 Å². The number of aliphatic carboxylic acids is 1. The molecular weight excluding hydrogens is 240 g/mol. The molecule has 1 aliphatic heterocycles. The molecule has 1 saturated heterocycles. The van der Waals surface area contributed by atoms with E-state index in [0.29, 0.717) is 24.5 Å². The van der Waals surface area contributed by atoms with Crippen molar-refractivity contribution in [3.05, 3.63) is 34.9 Å². The summed E-state index contributed by atoms with van der Waals surface area (Å²) >= 11 is 5.91. The highest BCUT2D eigenvalue weighted by molar-refractivity contribution is 6.30. The summed E-state index contributed by atoms with van der Waals surface area (Å²) in [6.45, 7) is 2.33. The first-order chi connectivity index (χ1) is 8.04. The summed E-state index contributed by atoms with van der Waals surface area (Å²) in [7, 11) is 0. The van der Waals surface area contributed by atoms with Gasteiger partial charge in [-0.3, -0.25) is 4.79 Å². The second-order valence-electron chi connectivity index (χ2n) is 4.53. The van der Waals surface area contributed by atoms with Crippen LogP contribution in [0, 0.1) is 5.41 Å². The van der Waals surface area contributed by atoms with E-state index in [4.69, 9.17) is 16.3 Å². The summed E-state index contributed by atoms with van der Waals surface area (Å²) in [4.78, 5) is 11.5. The third-order valence-corrected chi connectivity index (χ3v) is 3.76. The lowest BCUT2D eigenvalue weighted by Gasteiger charge is -2.27. The maximum atomic E-state index is 11.5. The smallest absolute Gasteiger partial charge is 0.312 e. The molecule has 1 aromatic carbocycles. The predicted octanol–water partition coefficient (Wildman–Crippen LogP) is 2.76. The first-order valence-electron chi connectivity index (χ1n) is 5.64. The Morgan fingerprint density at radius 1 is 1.65 bits per heavy atom. The van der Waals surface area contributed by atoms with E-state index in [1.807, 2.05) is 25.1 Å². The van der Waals surface area contributed by atoms with Crippen LogP contribution in [0.2, 0.25) is 5.02 Å². The highest BCUT2D eigenvalue weighted by Gasteiger charge is 2.48. The van der Waals surface area contributed by atoms with Crippen molar-refractivity contribution in [3.8, 4) is 0 Å². The van der Waals surface area contributed by atoms with Crippen molar-refractivity contribution >= 4 is 17.6 Å². The molecule has 2 atom stereocenters. The van der Waals surface area contributed by atoms with Crippen LogP contribution in [0.15, 0.2) is 24.3 Å². The van der Waals surface area contributed by atoms with E-state index in [1.165, 1.54) is 0 Å². The van der Waals surface area contributed by atoms with Crippen molar-refractivity contribution in [1.82, 2.24) is 0 Å². The van der Waals surface area contributed by atoms with Gasteiger partial charge >= 0.3 is 5.97 Å². The van der Waals surface area contributed by atoms with Crippen molar-refractivity contribution in [1.29, 1.82) is 0 Å². The number of ether oxygens (including phenoxy) is 1. The zero-order chi connectivity index (χ0) is 12.5. The van der Waals surface area contributed by atoms with E-state index < -0.39 is 11.4 Å². The lowest BCUT2D eigenvalue weighted by molar-refractivity contribution is -0.151. The number of carboxylic acid groups (broad SMARTS) is 1. The zero-order valence-electron chi connectivity index (χ0n) is 9.65. The third-order valence-electron chi connectivity index (χ3n) is 3.53. The third kappa shape index (κ3) is 2.31. The predicted molar refractivity (Wildman–Crippen MR) is 65.3 cm³/mol. The maximum absolute atomic E-state index is 11.5. The molecule has 17 heavy (non-hydrogen) atoms. The standard InChI is InChI=1S/C13H15ClO3/c1-9-13(12(15)16,5-6-17-9)8-10-3-2-4-11(14)7-10/h2-4,7,9H,5-6,8H2,1H3,(H,15,16).